The van der Waals surface area contributed by atoms with Crippen LogP contribution in [-0.2, 0) is 11.3 Å². The van der Waals surface area contributed by atoms with E-state index in [2.05, 4.69) is 0 Å². The summed E-state index contributed by atoms with van der Waals surface area (Å²) in [5.74, 6) is -0.933. The van der Waals surface area contributed by atoms with Crippen LogP contribution in [0.1, 0.15) is 15.2 Å². The molecule has 0 atom stereocenters. The maximum absolute atomic E-state index is 13.5. The fraction of sp³-hybridized carbons (Fsp3) is 0.0625. The van der Waals surface area contributed by atoms with Crippen LogP contribution in [0.15, 0.2) is 48.5 Å². The number of carbonyl (C=O) groups is 1. The topological polar surface area (TPSA) is 26.3 Å². The van der Waals surface area contributed by atoms with Gasteiger partial charge in [0.05, 0.1) is 5.02 Å². The van der Waals surface area contributed by atoms with E-state index < -0.39 is 11.8 Å². The van der Waals surface area contributed by atoms with Crippen molar-refractivity contribution in [3.05, 3.63) is 69.8 Å². The molecule has 0 fully saturated rings. The van der Waals surface area contributed by atoms with Crippen LogP contribution in [0.5, 0.6) is 0 Å². The Morgan fingerprint density at radius 2 is 1.86 bits per heavy atom. The number of halogens is 2. The second-order valence-corrected chi connectivity index (χ2v) is 5.84. The Labute approximate surface area is 129 Å². The average Bonchev–Trinajstić information content (AvgIpc) is 2.84. The van der Waals surface area contributed by atoms with Gasteiger partial charge in [0, 0.05) is 15.6 Å². The predicted molar refractivity (Wildman–Crippen MR) is 82.4 cm³/mol. The highest BCUT2D eigenvalue weighted by Gasteiger charge is 2.18. The van der Waals surface area contributed by atoms with E-state index in [-0.39, 0.29) is 6.61 Å². The summed E-state index contributed by atoms with van der Waals surface area (Å²) in [6.07, 6.45) is 0. The van der Waals surface area contributed by atoms with E-state index in [9.17, 15) is 9.18 Å². The number of hydrogen-bond donors (Lipinski definition) is 0. The molecule has 21 heavy (non-hydrogen) atoms. The number of hydrogen-bond acceptors (Lipinski definition) is 3. The van der Waals surface area contributed by atoms with E-state index in [4.69, 9.17) is 16.3 Å². The van der Waals surface area contributed by atoms with Gasteiger partial charge in [0.15, 0.2) is 0 Å². The van der Waals surface area contributed by atoms with Gasteiger partial charge in [-0.25, -0.2) is 9.18 Å². The highest BCUT2D eigenvalue weighted by Crippen LogP contribution is 2.35. The third kappa shape index (κ3) is 2.77. The Morgan fingerprint density at radius 1 is 1.14 bits per heavy atom. The minimum atomic E-state index is -0.538. The first-order valence-electron chi connectivity index (χ1n) is 6.24. The second kappa shape index (κ2) is 5.84. The van der Waals surface area contributed by atoms with Crippen molar-refractivity contribution in [3.63, 3.8) is 0 Å². The number of rotatable bonds is 3. The molecular formula is C16H10ClFO2S. The first-order chi connectivity index (χ1) is 10.2. The molecule has 0 saturated heterocycles. The van der Waals surface area contributed by atoms with Gasteiger partial charge >= 0.3 is 5.97 Å². The predicted octanol–water partition coefficient (Wildman–Crippen LogP) is 5.05. The van der Waals surface area contributed by atoms with Crippen LogP contribution >= 0.6 is 22.9 Å². The van der Waals surface area contributed by atoms with Gasteiger partial charge < -0.3 is 4.74 Å². The van der Waals surface area contributed by atoms with Crippen molar-refractivity contribution in [1.29, 1.82) is 0 Å². The third-order valence-electron chi connectivity index (χ3n) is 3.04. The highest BCUT2D eigenvalue weighted by atomic mass is 35.5. The van der Waals surface area contributed by atoms with Crippen molar-refractivity contribution in [2.75, 3.05) is 0 Å². The maximum atomic E-state index is 13.5. The molecule has 0 aliphatic carbocycles. The first-order valence-corrected chi connectivity index (χ1v) is 7.44. The lowest BCUT2D eigenvalue weighted by Gasteiger charge is -2.04. The molecule has 0 aliphatic rings. The molecule has 0 bridgehead atoms. The normalized spacial score (nSPS) is 10.8. The monoisotopic (exact) mass is 320 g/mol. The van der Waals surface area contributed by atoms with Crippen molar-refractivity contribution in [2.24, 2.45) is 0 Å². The molecule has 2 aromatic carbocycles. The van der Waals surface area contributed by atoms with Gasteiger partial charge in [-0.05, 0) is 12.1 Å². The average molecular weight is 321 g/mol. The van der Waals surface area contributed by atoms with Gasteiger partial charge in [-0.2, -0.15) is 0 Å². The van der Waals surface area contributed by atoms with Gasteiger partial charge in [-0.1, -0.05) is 48.0 Å². The van der Waals surface area contributed by atoms with Gasteiger partial charge in [0.1, 0.15) is 17.3 Å². The van der Waals surface area contributed by atoms with Crippen LogP contribution in [0.25, 0.3) is 10.1 Å². The van der Waals surface area contributed by atoms with Crippen LogP contribution in [0.3, 0.4) is 0 Å². The Bertz CT molecular complexity index is 813. The summed E-state index contributed by atoms with van der Waals surface area (Å²) in [4.78, 5) is 12.4. The van der Waals surface area contributed by atoms with Gasteiger partial charge in [0.25, 0.3) is 0 Å². The van der Waals surface area contributed by atoms with Gasteiger partial charge in [-0.3, -0.25) is 0 Å². The molecule has 5 heteroatoms. The molecule has 0 aliphatic heterocycles. The Hall–Kier alpha value is -1.91. The largest absolute Gasteiger partial charge is 0.456 e. The Morgan fingerprint density at radius 3 is 2.62 bits per heavy atom. The SMILES string of the molecule is O=C(OCc1ccccc1F)c1sc2ccccc2c1Cl. The van der Waals surface area contributed by atoms with E-state index in [1.54, 1.807) is 18.2 Å². The lowest BCUT2D eigenvalue weighted by molar-refractivity contribution is 0.0475. The van der Waals surface area contributed by atoms with Crippen LogP contribution < -0.4 is 0 Å². The van der Waals surface area contributed by atoms with Crippen molar-refractivity contribution >= 4 is 39.0 Å². The minimum Gasteiger partial charge on any atom is -0.456 e. The maximum Gasteiger partial charge on any atom is 0.350 e. The molecular weight excluding hydrogens is 311 g/mol. The molecule has 3 rings (SSSR count). The van der Waals surface area contributed by atoms with Crippen LogP contribution in [-0.4, -0.2) is 5.97 Å². The number of ether oxygens (including phenoxy) is 1. The van der Waals surface area contributed by atoms with Crippen molar-refractivity contribution in [1.82, 2.24) is 0 Å². The summed E-state index contributed by atoms with van der Waals surface area (Å²) >= 11 is 7.47. The van der Waals surface area contributed by atoms with Crippen LogP contribution in [0.2, 0.25) is 5.02 Å². The Balaban J connectivity index is 1.81. The lowest BCUT2D eigenvalue weighted by Crippen LogP contribution is -2.04. The number of thiophene rings is 1. The highest BCUT2D eigenvalue weighted by molar-refractivity contribution is 7.21. The fourth-order valence-electron chi connectivity index (χ4n) is 1.97. The van der Waals surface area contributed by atoms with E-state index in [1.807, 2.05) is 24.3 Å². The quantitative estimate of drug-likeness (QED) is 0.631. The summed E-state index contributed by atoms with van der Waals surface area (Å²) in [5, 5.41) is 1.20. The summed E-state index contributed by atoms with van der Waals surface area (Å²) < 4.78 is 19.5. The first kappa shape index (κ1) is 14.0. The zero-order valence-corrected chi connectivity index (χ0v) is 12.4. The minimum absolute atomic E-state index is 0.115. The number of fused-ring (bicyclic) bond motifs is 1. The lowest BCUT2D eigenvalue weighted by atomic mass is 10.2. The van der Waals surface area contributed by atoms with E-state index >= 15 is 0 Å². The zero-order valence-electron chi connectivity index (χ0n) is 10.8. The molecule has 2 nitrogen and oxygen atoms in total. The van der Waals surface area contributed by atoms with E-state index in [0.717, 1.165) is 10.1 Å². The number of esters is 1. The van der Waals surface area contributed by atoms with Crippen molar-refractivity contribution in [2.45, 2.75) is 6.61 Å². The smallest absolute Gasteiger partial charge is 0.350 e. The van der Waals surface area contributed by atoms with Gasteiger partial charge in [-0.15, -0.1) is 11.3 Å². The molecule has 0 amide bonds. The summed E-state index contributed by atoms with van der Waals surface area (Å²) in [6.45, 7) is -0.115. The fourth-order valence-corrected chi connectivity index (χ4v) is 3.37. The van der Waals surface area contributed by atoms with Crippen LogP contribution in [0, 0.1) is 5.82 Å². The molecule has 3 aromatic rings. The third-order valence-corrected chi connectivity index (χ3v) is 4.69. The molecule has 0 N–H and O–H groups in total. The van der Waals surface area contributed by atoms with Crippen LogP contribution in [0.4, 0.5) is 4.39 Å². The van der Waals surface area contributed by atoms with Crippen molar-refractivity contribution < 1.29 is 13.9 Å². The molecule has 1 heterocycles. The van der Waals surface area contributed by atoms with Gasteiger partial charge in [0.2, 0.25) is 0 Å². The molecule has 0 radical (unpaired) electrons. The standard InChI is InChI=1S/C16H10ClFO2S/c17-14-11-6-2-4-8-13(11)21-15(14)16(19)20-9-10-5-1-3-7-12(10)18/h1-8H,9H2. The summed E-state index contributed by atoms with van der Waals surface area (Å²) in [6, 6.07) is 13.7. The summed E-state index contributed by atoms with van der Waals surface area (Å²) in [7, 11) is 0. The second-order valence-electron chi connectivity index (χ2n) is 4.41. The molecule has 0 saturated carbocycles. The molecule has 1 aromatic heterocycles. The zero-order chi connectivity index (χ0) is 14.8. The van der Waals surface area contributed by atoms with Crippen molar-refractivity contribution in [3.8, 4) is 0 Å². The molecule has 0 spiro atoms. The Kier molecular flexibility index (Phi) is 3.90. The number of benzene rings is 2. The number of carbonyl (C=O) groups excluding carboxylic acids is 1. The molecule has 106 valence electrons. The molecule has 0 unspecified atom stereocenters. The van der Waals surface area contributed by atoms with E-state index in [1.165, 1.54) is 17.4 Å². The van der Waals surface area contributed by atoms with E-state index in [0.29, 0.717) is 15.5 Å². The summed E-state index contributed by atoms with van der Waals surface area (Å²) in [5.41, 5.74) is 0.336.